The normalized spacial score (nSPS) is 16.2. The SMILES string of the molecule is CN=C(NCc1ccc(F)c(COC)c1)NCC(c1ccc(F)cc1)N1CCOCC1. The van der Waals surface area contributed by atoms with Crippen LogP contribution in [0.2, 0.25) is 0 Å². The largest absolute Gasteiger partial charge is 0.380 e. The monoisotopic (exact) mass is 432 g/mol. The summed E-state index contributed by atoms with van der Waals surface area (Å²) in [7, 11) is 3.25. The lowest BCUT2D eigenvalue weighted by atomic mass is 10.0. The molecule has 1 unspecified atom stereocenters. The Morgan fingerprint density at radius 2 is 1.87 bits per heavy atom. The van der Waals surface area contributed by atoms with Crippen molar-refractivity contribution in [2.24, 2.45) is 4.99 Å². The molecular weight excluding hydrogens is 402 g/mol. The molecule has 0 aromatic heterocycles. The molecular formula is C23H30F2N4O2. The number of guanidine groups is 1. The number of ether oxygens (including phenoxy) is 2. The van der Waals surface area contributed by atoms with Crippen molar-refractivity contribution >= 4 is 5.96 Å². The smallest absolute Gasteiger partial charge is 0.191 e. The average Bonchev–Trinajstić information content (AvgIpc) is 2.80. The highest BCUT2D eigenvalue weighted by atomic mass is 19.1. The van der Waals surface area contributed by atoms with Gasteiger partial charge in [-0.05, 0) is 35.4 Å². The zero-order valence-corrected chi connectivity index (χ0v) is 18.0. The molecule has 1 atom stereocenters. The van der Waals surface area contributed by atoms with Crippen LogP contribution in [0.4, 0.5) is 8.78 Å². The van der Waals surface area contributed by atoms with E-state index in [2.05, 4.69) is 20.5 Å². The van der Waals surface area contributed by atoms with Gasteiger partial charge in [-0.3, -0.25) is 9.89 Å². The average molecular weight is 433 g/mol. The fourth-order valence-corrected chi connectivity index (χ4v) is 3.64. The number of nitrogens with one attached hydrogen (secondary N) is 2. The van der Waals surface area contributed by atoms with Crippen LogP contribution in [0.1, 0.15) is 22.7 Å². The predicted octanol–water partition coefficient (Wildman–Crippen LogP) is 2.85. The lowest BCUT2D eigenvalue weighted by molar-refractivity contribution is 0.0170. The number of morpholine rings is 1. The van der Waals surface area contributed by atoms with Crippen LogP contribution in [0.5, 0.6) is 0 Å². The van der Waals surface area contributed by atoms with Gasteiger partial charge in [0.05, 0.1) is 25.9 Å². The molecule has 1 aliphatic heterocycles. The molecule has 0 aliphatic carbocycles. The summed E-state index contributed by atoms with van der Waals surface area (Å²) >= 11 is 0. The van der Waals surface area contributed by atoms with Crippen LogP contribution in [0.15, 0.2) is 47.5 Å². The van der Waals surface area contributed by atoms with Crippen LogP contribution < -0.4 is 10.6 Å². The van der Waals surface area contributed by atoms with Gasteiger partial charge in [-0.2, -0.15) is 0 Å². The third-order valence-corrected chi connectivity index (χ3v) is 5.30. The van der Waals surface area contributed by atoms with Crippen LogP contribution in [-0.2, 0) is 22.6 Å². The Kier molecular flexibility index (Phi) is 8.75. The standard InChI is InChI=1S/C23H30F2N4O2/c1-26-23(27-14-17-3-8-21(25)19(13-17)16-30-2)28-15-22(29-9-11-31-12-10-29)18-4-6-20(24)7-5-18/h3-8,13,22H,9-12,14-16H2,1-2H3,(H2,26,27,28). The van der Waals surface area contributed by atoms with Crippen LogP contribution in [-0.4, -0.2) is 57.9 Å². The molecule has 1 heterocycles. The van der Waals surface area contributed by atoms with Crippen molar-refractivity contribution in [2.45, 2.75) is 19.2 Å². The molecule has 0 saturated carbocycles. The van der Waals surface area contributed by atoms with Gasteiger partial charge in [0.25, 0.3) is 0 Å². The maximum atomic E-state index is 13.8. The maximum Gasteiger partial charge on any atom is 0.191 e. The summed E-state index contributed by atoms with van der Waals surface area (Å²) in [6, 6.07) is 11.7. The number of aliphatic imine (C=N–C) groups is 1. The van der Waals surface area contributed by atoms with Crippen molar-refractivity contribution in [2.75, 3.05) is 47.0 Å². The molecule has 1 fully saturated rings. The van der Waals surface area contributed by atoms with E-state index >= 15 is 0 Å². The minimum absolute atomic E-state index is 0.0576. The highest BCUT2D eigenvalue weighted by Crippen LogP contribution is 2.21. The quantitative estimate of drug-likeness (QED) is 0.496. The summed E-state index contributed by atoms with van der Waals surface area (Å²) in [6.45, 7) is 4.31. The van der Waals surface area contributed by atoms with Crippen molar-refractivity contribution in [1.29, 1.82) is 0 Å². The molecule has 2 aromatic rings. The van der Waals surface area contributed by atoms with Gasteiger partial charge in [-0.15, -0.1) is 0 Å². The first-order valence-electron chi connectivity index (χ1n) is 10.4. The van der Waals surface area contributed by atoms with E-state index in [-0.39, 0.29) is 24.3 Å². The molecule has 2 N–H and O–H groups in total. The minimum atomic E-state index is -0.277. The molecule has 6 nitrogen and oxygen atoms in total. The Balaban J connectivity index is 1.62. The Hall–Kier alpha value is -2.55. The number of hydrogen-bond donors (Lipinski definition) is 2. The zero-order valence-electron chi connectivity index (χ0n) is 18.0. The number of halogens is 2. The molecule has 0 spiro atoms. The molecule has 0 bridgehead atoms. The van der Waals surface area contributed by atoms with Gasteiger partial charge in [0, 0.05) is 45.9 Å². The van der Waals surface area contributed by atoms with Gasteiger partial charge in [-0.25, -0.2) is 8.78 Å². The molecule has 0 radical (unpaired) electrons. The summed E-state index contributed by atoms with van der Waals surface area (Å²) in [6.07, 6.45) is 0. The topological polar surface area (TPSA) is 58.1 Å². The first-order chi connectivity index (χ1) is 15.1. The Morgan fingerprint density at radius 1 is 1.13 bits per heavy atom. The van der Waals surface area contributed by atoms with Crippen LogP contribution in [0.25, 0.3) is 0 Å². The van der Waals surface area contributed by atoms with Crippen LogP contribution in [0.3, 0.4) is 0 Å². The molecule has 0 amide bonds. The van der Waals surface area contributed by atoms with E-state index in [9.17, 15) is 8.78 Å². The molecule has 2 aromatic carbocycles. The van der Waals surface area contributed by atoms with Crippen LogP contribution in [0, 0.1) is 11.6 Å². The van der Waals surface area contributed by atoms with Crippen molar-refractivity contribution in [1.82, 2.24) is 15.5 Å². The molecule has 1 saturated heterocycles. The summed E-state index contributed by atoms with van der Waals surface area (Å²) in [4.78, 5) is 6.62. The van der Waals surface area contributed by atoms with Gasteiger partial charge in [0.1, 0.15) is 11.6 Å². The van der Waals surface area contributed by atoms with Gasteiger partial charge in [-0.1, -0.05) is 18.2 Å². The van der Waals surface area contributed by atoms with E-state index in [4.69, 9.17) is 9.47 Å². The number of methoxy groups -OCH3 is 1. The van der Waals surface area contributed by atoms with Gasteiger partial charge in [0.15, 0.2) is 5.96 Å². The molecule has 3 rings (SSSR count). The fraction of sp³-hybridized carbons (Fsp3) is 0.435. The van der Waals surface area contributed by atoms with Gasteiger partial charge < -0.3 is 20.1 Å². The van der Waals surface area contributed by atoms with Crippen molar-refractivity contribution in [3.05, 3.63) is 70.8 Å². The van der Waals surface area contributed by atoms with Crippen molar-refractivity contribution < 1.29 is 18.3 Å². The number of benzene rings is 2. The summed E-state index contributed by atoms with van der Waals surface area (Å²) in [5.41, 5.74) is 2.49. The molecule has 8 heteroatoms. The van der Waals surface area contributed by atoms with Gasteiger partial charge in [0.2, 0.25) is 0 Å². The third-order valence-electron chi connectivity index (χ3n) is 5.30. The summed E-state index contributed by atoms with van der Waals surface area (Å²) in [5, 5.41) is 6.63. The fourth-order valence-electron chi connectivity index (χ4n) is 3.64. The number of rotatable bonds is 8. The predicted molar refractivity (Wildman–Crippen MR) is 117 cm³/mol. The second-order valence-electron chi connectivity index (χ2n) is 7.38. The first kappa shape index (κ1) is 23.1. The highest BCUT2D eigenvalue weighted by molar-refractivity contribution is 5.79. The second kappa shape index (κ2) is 11.7. The van der Waals surface area contributed by atoms with E-state index in [0.717, 1.165) is 24.2 Å². The van der Waals surface area contributed by atoms with E-state index in [1.807, 2.05) is 12.1 Å². The summed E-state index contributed by atoms with van der Waals surface area (Å²) in [5.74, 6) is 0.112. The number of hydrogen-bond acceptors (Lipinski definition) is 4. The Morgan fingerprint density at radius 3 is 2.55 bits per heavy atom. The lowest BCUT2D eigenvalue weighted by Gasteiger charge is -2.35. The third kappa shape index (κ3) is 6.72. The Bertz CT molecular complexity index is 855. The van der Waals surface area contributed by atoms with E-state index < -0.39 is 0 Å². The number of nitrogens with zero attached hydrogens (tertiary/aromatic N) is 2. The van der Waals surface area contributed by atoms with Crippen LogP contribution >= 0.6 is 0 Å². The molecule has 1 aliphatic rings. The highest BCUT2D eigenvalue weighted by Gasteiger charge is 2.23. The lowest BCUT2D eigenvalue weighted by Crippen LogP contribution is -2.46. The minimum Gasteiger partial charge on any atom is -0.380 e. The molecule has 31 heavy (non-hydrogen) atoms. The van der Waals surface area contributed by atoms with Gasteiger partial charge >= 0.3 is 0 Å². The van der Waals surface area contributed by atoms with E-state index in [0.29, 0.717) is 37.8 Å². The second-order valence-corrected chi connectivity index (χ2v) is 7.38. The zero-order chi connectivity index (χ0) is 22.1. The summed E-state index contributed by atoms with van der Waals surface area (Å²) < 4.78 is 37.8. The first-order valence-corrected chi connectivity index (χ1v) is 10.4. The molecule has 168 valence electrons. The van der Waals surface area contributed by atoms with E-state index in [1.54, 1.807) is 26.3 Å². The van der Waals surface area contributed by atoms with Crippen molar-refractivity contribution in [3.8, 4) is 0 Å². The Labute approximate surface area is 182 Å². The van der Waals surface area contributed by atoms with Crippen molar-refractivity contribution in [3.63, 3.8) is 0 Å². The van der Waals surface area contributed by atoms with E-state index in [1.165, 1.54) is 18.2 Å². The maximum absolute atomic E-state index is 13.8.